The first-order valence-electron chi connectivity index (χ1n) is 12.9. The number of carbonyl (C=O) groups excluding carboxylic acids is 1. The summed E-state index contributed by atoms with van der Waals surface area (Å²) < 4.78 is 32.0. The smallest absolute Gasteiger partial charge is 0.246 e. The predicted molar refractivity (Wildman–Crippen MR) is 137 cm³/mol. The number of piperidine rings is 2. The van der Waals surface area contributed by atoms with Crippen molar-refractivity contribution in [3.8, 4) is 5.75 Å². The monoisotopic (exact) mass is 498 g/mol. The fraction of sp³-hybridized carbons (Fsp3) is 0.483. The predicted octanol–water partition coefficient (Wildman–Crippen LogP) is 4.71. The Bertz CT molecular complexity index is 1010. The highest BCUT2D eigenvalue weighted by molar-refractivity contribution is 5.91. The Kier molecular flexibility index (Phi) is 9.10. The van der Waals surface area contributed by atoms with Crippen molar-refractivity contribution in [1.82, 2.24) is 9.80 Å². The van der Waals surface area contributed by atoms with Crippen molar-refractivity contribution in [2.45, 2.75) is 31.6 Å². The van der Waals surface area contributed by atoms with Crippen LogP contribution in [0.15, 0.2) is 48.5 Å². The van der Waals surface area contributed by atoms with Gasteiger partial charge in [0.25, 0.3) is 0 Å². The summed E-state index contributed by atoms with van der Waals surface area (Å²) in [6, 6.07) is 11.6. The second-order valence-corrected chi connectivity index (χ2v) is 9.99. The molecule has 2 aliphatic rings. The summed E-state index contributed by atoms with van der Waals surface area (Å²) in [6.45, 7) is 4.34. The van der Waals surface area contributed by atoms with Gasteiger partial charge in [-0.05, 0) is 98.0 Å². The molecule has 2 aliphatic heterocycles. The molecule has 1 unspecified atom stereocenters. The molecule has 0 aromatic heterocycles. The van der Waals surface area contributed by atoms with Crippen LogP contribution in [0.2, 0.25) is 0 Å². The number of aliphatic hydroxyl groups excluding tert-OH is 1. The zero-order valence-electron chi connectivity index (χ0n) is 20.9. The molecule has 2 aromatic rings. The van der Waals surface area contributed by atoms with E-state index in [1.54, 1.807) is 12.0 Å². The van der Waals surface area contributed by atoms with Crippen LogP contribution < -0.4 is 4.74 Å². The number of ether oxygens (including phenoxy) is 1. The number of methoxy groups -OCH3 is 1. The largest absolute Gasteiger partial charge is 0.497 e. The van der Waals surface area contributed by atoms with Crippen molar-refractivity contribution >= 4 is 12.0 Å². The molecular weight excluding hydrogens is 462 g/mol. The average molecular weight is 499 g/mol. The zero-order valence-corrected chi connectivity index (χ0v) is 20.9. The highest BCUT2D eigenvalue weighted by atomic mass is 19.1. The normalized spacial score (nSPS) is 19.1. The Hall–Kier alpha value is -2.77. The Morgan fingerprint density at radius 3 is 2.25 bits per heavy atom. The number of benzene rings is 2. The quantitative estimate of drug-likeness (QED) is 0.536. The van der Waals surface area contributed by atoms with Gasteiger partial charge in [-0.25, -0.2) is 8.78 Å². The topological polar surface area (TPSA) is 53.0 Å². The standard InChI is InChI=1S/C29H36F2N2O3/c1-36-28-5-3-22(4-6-28)23-8-12-32(13-9-23)19-25(20-34)24-10-14-33(15-11-24)29(35)7-2-21-16-26(30)18-27(31)17-21/h2-7,16-18,23-25,34H,8-15,19-20H2,1H3. The van der Waals surface area contributed by atoms with Gasteiger partial charge in [-0.2, -0.15) is 0 Å². The van der Waals surface area contributed by atoms with Crippen molar-refractivity contribution in [3.05, 3.63) is 71.3 Å². The van der Waals surface area contributed by atoms with Gasteiger partial charge in [-0.1, -0.05) is 12.1 Å². The number of hydrogen-bond acceptors (Lipinski definition) is 4. The molecular formula is C29H36F2N2O3. The van der Waals surface area contributed by atoms with E-state index in [9.17, 15) is 18.7 Å². The molecule has 0 aliphatic carbocycles. The maximum absolute atomic E-state index is 13.4. The summed E-state index contributed by atoms with van der Waals surface area (Å²) in [5.41, 5.74) is 1.69. The van der Waals surface area contributed by atoms with Gasteiger partial charge in [-0.15, -0.1) is 0 Å². The van der Waals surface area contributed by atoms with E-state index >= 15 is 0 Å². The van der Waals surface area contributed by atoms with Crippen molar-refractivity contribution in [3.63, 3.8) is 0 Å². The van der Waals surface area contributed by atoms with Crippen LogP contribution in [-0.4, -0.2) is 67.3 Å². The summed E-state index contributed by atoms with van der Waals surface area (Å²) in [4.78, 5) is 16.8. The number of rotatable bonds is 8. The maximum Gasteiger partial charge on any atom is 0.246 e. The van der Waals surface area contributed by atoms with Crippen LogP contribution in [0, 0.1) is 23.5 Å². The third kappa shape index (κ3) is 6.92. The number of carbonyl (C=O) groups is 1. The van der Waals surface area contributed by atoms with Crippen LogP contribution in [0.25, 0.3) is 6.08 Å². The summed E-state index contributed by atoms with van der Waals surface area (Å²) in [5, 5.41) is 10.1. The van der Waals surface area contributed by atoms with E-state index in [0.29, 0.717) is 30.5 Å². The van der Waals surface area contributed by atoms with Crippen LogP contribution in [0.5, 0.6) is 5.75 Å². The molecule has 7 heteroatoms. The van der Waals surface area contributed by atoms with Crippen LogP contribution in [0.1, 0.15) is 42.7 Å². The summed E-state index contributed by atoms with van der Waals surface area (Å²) in [5.74, 6) is 0.536. The Labute approximate surface area is 212 Å². The fourth-order valence-electron chi connectivity index (χ4n) is 5.55. The lowest BCUT2D eigenvalue weighted by molar-refractivity contribution is -0.127. The van der Waals surface area contributed by atoms with E-state index in [2.05, 4.69) is 17.0 Å². The number of likely N-dealkylation sites (tertiary alicyclic amines) is 2. The molecule has 5 nitrogen and oxygen atoms in total. The molecule has 0 radical (unpaired) electrons. The molecule has 0 spiro atoms. The third-order valence-electron chi connectivity index (χ3n) is 7.72. The minimum Gasteiger partial charge on any atom is -0.497 e. The fourth-order valence-corrected chi connectivity index (χ4v) is 5.55. The molecule has 2 saturated heterocycles. The first-order chi connectivity index (χ1) is 17.4. The summed E-state index contributed by atoms with van der Waals surface area (Å²) >= 11 is 0. The lowest BCUT2D eigenvalue weighted by Crippen LogP contribution is -2.44. The van der Waals surface area contributed by atoms with Crippen LogP contribution in [-0.2, 0) is 4.79 Å². The average Bonchev–Trinajstić information content (AvgIpc) is 2.90. The van der Waals surface area contributed by atoms with E-state index in [1.807, 2.05) is 12.1 Å². The molecule has 2 aromatic carbocycles. The van der Waals surface area contributed by atoms with Gasteiger partial charge in [0.15, 0.2) is 0 Å². The number of amides is 1. The van der Waals surface area contributed by atoms with Crippen LogP contribution in [0.4, 0.5) is 8.78 Å². The van der Waals surface area contributed by atoms with E-state index in [-0.39, 0.29) is 18.4 Å². The molecule has 1 atom stereocenters. The van der Waals surface area contributed by atoms with Crippen LogP contribution in [0.3, 0.4) is 0 Å². The minimum atomic E-state index is -0.664. The molecule has 1 N–H and O–H groups in total. The van der Waals surface area contributed by atoms with Crippen molar-refractivity contribution in [2.24, 2.45) is 11.8 Å². The Balaban J connectivity index is 1.22. The second kappa shape index (κ2) is 12.5. The van der Waals surface area contributed by atoms with E-state index in [1.165, 1.54) is 29.8 Å². The van der Waals surface area contributed by atoms with Gasteiger partial charge < -0.3 is 19.6 Å². The maximum atomic E-state index is 13.4. The van der Waals surface area contributed by atoms with Gasteiger partial charge in [0.1, 0.15) is 17.4 Å². The van der Waals surface area contributed by atoms with Crippen LogP contribution >= 0.6 is 0 Å². The third-order valence-corrected chi connectivity index (χ3v) is 7.72. The number of halogens is 2. The molecule has 36 heavy (non-hydrogen) atoms. The minimum absolute atomic E-state index is 0.153. The molecule has 1 amide bonds. The van der Waals surface area contributed by atoms with E-state index in [0.717, 1.165) is 57.1 Å². The molecule has 2 fully saturated rings. The van der Waals surface area contributed by atoms with Gasteiger partial charge in [-0.3, -0.25) is 4.79 Å². The van der Waals surface area contributed by atoms with E-state index in [4.69, 9.17) is 4.74 Å². The van der Waals surface area contributed by atoms with Gasteiger partial charge in [0.05, 0.1) is 7.11 Å². The highest BCUT2D eigenvalue weighted by Crippen LogP contribution is 2.31. The lowest BCUT2D eigenvalue weighted by atomic mass is 9.83. The molecule has 0 bridgehead atoms. The summed E-state index contributed by atoms with van der Waals surface area (Å²) in [7, 11) is 1.68. The lowest BCUT2D eigenvalue weighted by Gasteiger charge is -2.39. The summed E-state index contributed by atoms with van der Waals surface area (Å²) in [6.07, 6.45) is 6.75. The van der Waals surface area contributed by atoms with Crippen molar-refractivity contribution in [2.75, 3.05) is 46.4 Å². The second-order valence-electron chi connectivity index (χ2n) is 9.99. The Morgan fingerprint density at radius 2 is 1.67 bits per heavy atom. The SMILES string of the molecule is COc1ccc(C2CCN(CC(CO)C3CCN(C(=O)C=Cc4cc(F)cc(F)c4)CC3)CC2)cc1. The molecule has 194 valence electrons. The van der Waals surface area contributed by atoms with Gasteiger partial charge in [0, 0.05) is 38.4 Å². The first kappa shape index (κ1) is 26.3. The molecule has 0 saturated carbocycles. The van der Waals surface area contributed by atoms with Crippen molar-refractivity contribution in [1.29, 1.82) is 0 Å². The van der Waals surface area contributed by atoms with E-state index < -0.39 is 11.6 Å². The molecule has 2 heterocycles. The number of nitrogens with zero attached hydrogens (tertiary/aromatic N) is 2. The number of aliphatic hydroxyl groups is 1. The highest BCUT2D eigenvalue weighted by Gasteiger charge is 2.30. The Morgan fingerprint density at radius 1 is 1.03 bits per heavy atom. The van der Waals surface area contributed by atoms with Gasteiger partial charge >= 0.3 is 0 Å². The van der Waals surface area contributed by atoms with Crippen molar-refractivity contribution < 1.29 is 23.4 Å². The molecule has 4 rings (SSSR count). The first-order valence-corrected chi connectivity index (χ1v) is 12.9. The van der Waals surface area contributed by atoms with Gasteiger partial charge in [0.2, 0.25) is 5.91 Å². The number of hydrogen-bond donors (Lipinski definition) is 1. The zero-order chi connectivity index (χ0) is 25.5.